The number of aromatic nitrogens is 1. The molecular formula is C23H22FN3O2. The Morgan fingerprint density at radius 2 is 1.79 bits per heavy atom. The van der Waals surface area contributed by atoms with Crippen molar-refractivity contribution >= 4 is 22.5 Å². The summed E-state index contributed by atoms with van der Waals surface area (Å²) in [5.41, 5.74) is 2.69. The second-order valence-corrected chi connectivity index (χ2v) is 7.88. The molecule has 2 aliphatic rings. The molecule has 0 bridgehead atoms. The summed E-state index contributed by atoms with van der Waals surface area (Å²) in [6, 6.07) is 12.6. The van der Waals surface area contributed by atoms with Crippen molar-refractivity contribution in [1.29, 1.82) is 0 Å². The summed E-state index contributed by atoms with van der Waals surface area (Å²) in [7, 11) is 0. The van der Waals surface area contributed by atoms with E-state index in [1.54, 1.807) is 23.2 Å². The Balaban J connectivity index is 1.43. The standard InChI is InChI=1S/C23H22FN3O2/c1-15-13-16-5-4-6-17-21(16)27(15)14-18(22(17)28)23(29)26-11-9-25(10-12-26)20-8-3-2-7-19(20)24/h2-8,14-15H,9-13H2,1H3/t15-/m0/s1. The Kier molecular flexibility index (Phi) is 4.15. The lowest BCUT2D eigenvalue weighted by atomic mass is 10.1. The monoisotopic (exact) mass is 391 g/mol. The van der Waals surface area contributed by atoms with Gasteiger partial charge in [-0.15, -0.1) is 0 Å². The van der Waals surface area contributed by atoms with E-state index >= 15 is 0 Å². The molecule has 5 rings (SSSR count). The molecule has 0 saturated carbocycles. The highest BCUT2D eigenvalue weighted by molar-refractivity contribution is 5.98. The van der Waals surface area contributed by atoms with E-state index in [-0.39, 0.29) is 28.8 Å². The van der Waals surface area contributed by atoms with Crippen LogP contribution in [0.1, 0.15) is 28.9 Å². The number of halogens is 1. The first kappa shape index (κ1) is 17.9. The van der Waals surface area contributed by atoms with Crippen LogP contribution in [0.5, 0.6) is 0 Å². The summed E-state index contributed by atoms with van der Waals surface area (Å²) in [4.78, 5) is 29.9. The second kappa shape index (κ2) is 6.72. The van der Waals surface area contributed by atoms with Gasteiger partial charge in [-0.2, -0.15) is 0 Å². The van der Waals surface area contributed by atoms with Crippen molar-refractivity contribution in [3.63, 3.8) is 0 Å². The highest BCUT2D eigenvalue weighted by atomic mass is 19.1. The van der Waals surface area contributed by atoms with Gasteiger partial charge in [0.25, 0.3) is 5.91 Å². The van der Waals surface area contributed by atoms with E-state index in [9.17, 15) is 14.0 Å². The summed E-state index contributed by atoms with van der Waals surface area (Å²) in [6.07, 6.45) is 2.60. The third kappa shape index (κ3) is 2.82. The molecule has 0 aliphatic carbocycles. The molecule has 2 aliphatic heterocycles. The molecule has 148 valence electrons. The van der Waals surface area contributed by atoms with Gasteiger partial charge in [-0.3, -0.25) is 9.59 Å². The third-order valence-corrected chi connectivity index (χ3v) is 6.12. The SMILES string of the molecule is C[C@H]1Cc2cccc3c(=O)c(C(=O)N4CCN(c5ccccc5F)CC4)cn1c23. The van der Waals surface area contributed by atoms with E-state index in [0.29, 0.717) is 37.3 Å². The van der Waals surface area contributed by atoms with Gasteiger partial charge in [0.15, 0.2) is 0 Å². The Labute approximate surface area is 168 Å². The zero-order chi connectivity index (χ0) is 20.1. The summed E-state index contributed by atoms with van der Waals surface area (Å²) < 4.78 is 16.1. The number of carbonyl (C=O) groups is 1. The Hall–Kier alpha value is -3.15. The van der Waals surface area contributed by atoms with Crippen LogP contribution in [0.4, 0.5) is 10.1 Å². The average Bonchev–Trinajstić information content (AvgIpc) is 3.06. The van der Waals surface area contributed by atoms with Crippen LogP contribution < -0.4 is 10.3 Å². The number of amides is 1. The first-order valence-electron chi connectivity index (χ1n) is 10.00. The van der Waals surface area contributed by atoms with E-state index in [4.69, 9.17) is 0 Å². The lowest BCUT2D eigenvalue weighted by molar-refractivity contribution is 0.0744. The summed E-state index contributed by atoms with van der Waals surface area (Å²) in [5.74, 6) is -0.494. The minimum Gasteiger partial charge on any atom is -0.366 e. The molecule has 0 unspecified atom stereocenters. The van der Waals surface area contributed by atoms with Gasteiger partial charge in [0.1, 0.15) is 11.4 Å². The maximum atomic E-state index is 14.1. The van der Waals surface area contributed by atoms with Crippen LogP contribution >= 0.6 is 0 Å². The molecule has 6 heteroatoms. The quantitative estimate of drug-likeness (QED) is 0.674. The average molecular weight is 391 g/mol. The largest absolute Gasteiger partial charge is 0.366 e. The highest BCUT2D eigenvalue weighted by Gasteiger charge is 2.28. The Morgan fingerprint density at radius 3 is 2.55 bits per heavy atom. The van der Waals surface area contributed by atoms with E-state index in [1.165, 1.54) is 6.07 Å². The molecule has 3 aromatic rings. The zero-order valence-electron chi connectivity index (χ0n) is 16.3. The number of nitrogens with zero attached hydrogens (tertiary/aromatic N) is 3. The van der Waals surface area contributed by atoms with Crippen LogP contribution in [0, 0.1) is 5.82 Å². The van der Waals surface area contributed by atoms with Crippen molar-refractivity contribution in [3.8, 4) is 0 Å². The molecule has 1 fully saturated rings. The maximum Gasteiger partial charge on any atom is 0.259 e. The molecule has 3 heterocycles. The van der Waals surface area contributed by atoms with Crippen LogP contribution in [0.25, 0.3) is 10.9 Å². The summed E-state index contributed by atoms with van der Waals surface area (Å²) >= 11 is 0. The highest BCUT2D eigenvalue weighted by Crippen LogP contribution is 2.31. The van der Waals surface area contributed by atoms with Crippen LogP contribution in [0.3, 0.4) is 0 Å². The minimum atomic E-state index is -0.257. The van der Waals surface area contributed by atoms with Gasteiger partial charge in [0.05, 0.1) is 11.2 Å². The first-order valence-corrected chi connectivity index (χ1v) is 10.00. The van der Waals surface area contributed by atoms with Gasteiger partial charge in [-0.25, -0.2) is 4.39 Å². The Morgan fingerprint density at radius 1 is 1.03 bits per heavy atom. The fraction of sp³-hybridized carbons (Fsp3) is 0.304. The first-order chi connectivity index (χ1) is 14.0. The summed E-state index contributed by atoms with van der Waals surface area (Å²) in [6.45, 7) is 4.09. The van der Waals surface area contributed by atoms with Gasteiger partial charge in [0, 0.05) is 43.8 Å². The molecule has 1 atom stereocenters. The van der Waals surface area contributed by atoms with Crippen LogP contribution in [0.2, 0.25) is 0 Å². The number of anilines is 1. The molecular weight excluding hydrogens is 369 g/mol. The predicted octanol–water partition coefficient (Wildman–Crippen LogP) is 3.22. The van der Waals surface area contributed by atoms with Crippen LogP contribution in [-0.2, 0) is 6.42 Å². The normalized spacial score (nSPS) is 18.5. The smallest absolute Gasteiger partial charge is 0.259 e. The number of hydrogen-bond acceptors (Lipinski definition) is 3. The summed E-state index contributed by atoms with van der Waals surface area (Å²) in [5, 5.41) is 0.614. The number of para-hydroxylation sites is 2. The predicted molar refractivity (Wildman–Crippen MR) is 111 cm³/mol. The molecule has 1 aromatic heterocycles. The molecule has 1 amide bonds. The van der Waals surface area contributed by atoms with E-state index in [2.05, 4.69) is 11.5 Å². The fourth-order valence-corrected chi connectivity index (χ4v) is 4.60. The number of hydrogen-bond donors (Lipinski definition) is 0. The van der Waals surface area contributed by atoms with E-state index in [0.717, 1.165) is 17.5 Å². The number of carbonyl (C=O) groups excluding carboxylic acids is 1. The van der Waals surface area contributed by atoms with Gasteiger partial charge in [0.2, 0.25) is 5.43 Å². The van der Waals surface area contributed by atoms with E-state index < -0.39 is 0 Å². The lowest BCUT2D eigenvalue weighted by Crippen LogP contribution is -2.49. The van der Waals surface area contributed by atoms with Crippen molar-refractivity contribution in [3.05, 3.63) is 75.8 Å². The molecule has 5 nitrogen and oxygen atoms in total. The van der Waals surface area contributed by atoms with E-state index in [1.807, 2.05) is 29.2 Å². The Bertz CT molecular complexity index is 1180. The van der Waals surface area contributed by atoms with Gasteiger partial charge >= 0.3 is 0 Å². The molecule has 1 saturated heterocycles. The van der Waals surface area contributed by atoms with Crippen molar-refractivity contribution in [2.45, 2.75) is 19.4 Å². The van der Waals surface area contributed by atoms with Crippen molar-refractivity contribution in [2.75, 3.05) is 31.1 Å². The fourth-order valence-electron chi connectivity index (χ4n) is 4.60. The van der Waals surface area contributed by atoms with Gasteiger partial charge in [-0.05, 0) is 37.1 Å². The second-order valence-electron chi connectivity index (χ2n) is 7.88. The van der Waals surface area contributed by atoms with Gasteiger partial charge < -0.3 is 14.4 Å². The van der Waals surface area contributed by atoms with Crippen molar-refractivity contribution < 1.29 is 9.18 Å². The number of benzene rings is 2. The topological polar surface area (TPSA) is 45.6 Å². The van der Waals surface area contributed by atoms with Crippen LogP contribution in [-0.4, -0.2) is 41.6 Å². The van der Waals surface area contributed by atoms with Crippen molar-refractivity contribution in [1.82, 2.24) is 9.47 Å². The minimum absolute atomic E-state index is 0.200. The molecule has 29 heavy (non-hydrogen) atoms. The number of rotatable bonds is 2. The molecule has 0 spiro atoms. The number of piperazine rings is 1. The molecule has 0 radical (unpaired) electrons. The maximum absolute atomic E-state index is 14.1. The van der Waals surface area contributed by atoms with Crippen molar-refractivity contribution in [2.24, 2.45) is 0 Å². The van der Waals surface area contributed by atoms with Crippen LogP contribution in [0.15, 0.2) is 53.5 Å². The lowest BCUT2D eigenvalue weighted by Gasteiger charge is -2.36. The number of pyridine rings is 1. The molecule has 2 aromatic carbocycles. The third-order valence-electron chi connectivity index (χ3n) is 6.12. The zero-order valence-corrected chi connectivity index (χ0v) is 16.3. The van der Waals surface area contributed by atoms with Gasteiger partial charge in [-0.1, -0.05) is 24.3 Å². The molecule has 0 N–H and O–H groups in total.